The number of nitrogens with one attached hydrogen (secondary N) is 1. The molecule has 1 aliphatic heterocycles. The number of rotatable bonds is 3. The highest BCUT2D eigenvalue weighted by atomic mass is 32.1. The molecule has 1 aromatic carbocycles. The zero-order valence-corrected chi connectivity index (χ0v) is 13.2. The van der Waals surface area contributed by atoms with Crippen LogP contribution in [0, 0.1) is 0 Å². The van der Waals surface area contributed by atoms with E-state index in [-0.39, 0.29) is 18.4 Å². The number of carbonyl (C=O) groups is 2. The Morgan fingerprint density at radius 1 is 1.36 bits per heavy atom. The Kier molecular flexibility index (Phi) is 4.24. The molecule has 2 amide bonds. The molecular weight excluding hydrogens is 300 g/mol. The molecule has 0 saturated carbocycles. The Labute approximate surface area is 132 Å². The first-order chi connectivity index (χ1) is 10.6. The number of aromatic nitrogens is 1. The third-order valence-corrected chi connectivity index (χ3v) is 4.86. The topological polar surface area (TPSA) is 66.7 Å². The number of amides is 2. The van der Waals surface area contributed by atoms with E-state index in [9.17, 15) is 9.59 Å². The number of nitrogens with zero attached hydrogens (tertiary/aromatic N) is 3. The molecule has 1 fully saturated rings. The molecule has 0 aliphatic carbocycles. The molecule has 0 atom stereocenters. The number of thiazole rings is 1. The van der Waals surface area contributed by atoms with Crippen LogP contribution < -0.4 is 10.2 Å². The van der Waals surface area contributed by atoms with Crippen molar-refractivity contribution in [2.45, 2.75) is 19.3 Å². The molecule has 0 bridgehead atoms. The van der Waals surface area contributed by atoms with Crippen LogP contribution in [0.2, 0.25) is 0 Å². The van der Waals surface area contributed by atoms with E-state index < -0.39 is 0 Å². The summed E-state index contributed by atoms with van der Waals surface area (Å²) in [6.45, 7) is 0.736. The van der Waals surface area contributed by atoms with Crippen molar-refractivity contribution in [2.75, 3.05) is 13.1 Å². The van der Waals surface area contributed by atoms with E-state index >= 15 is 0 Å². The number of benzene rings is 1. The predicted octanol–water partition coefficient (Wildman–Crippen LogP) is 1.18. The summed E-state index contributed by atoms with van der Waals surface area (Å²) >= 11 is 1.51. The van der Waals surface area contributed by atoms with Crippen molar-refractivity contribution in [1.29, 1.82) is 0 Å². The van der Waals surface area contributed by atoms with Gasteiger partial charge in [-0.1, -0.05) is 23.5 Å². The lowest BCUT2D eigenvalue weighted by atomic mass is 10.1. The molecule has 1 aromatic heterocycles. The summed E-state index contributed by atoms with van der Waals surface area (Å²) in [5.41, 5.74) is 3.63. The quantitative estimate of drug-likeness (QED) is 0.864. The van der Waals surface area contributed by atoms with Gasteiger partial charge >= 0.3 is 0 Å². The average Bonchev–Trinajstić information content (AvgIpc) is 2.84. The molecule has 0 radical (unpaired) electrons. The first kappa shape index (κ1) is 14.8. The van der Waals surface area contributed by atoms with E-state index in [0.717, 1.165) is 27.9 Å². The van der Waals surface area contributed by atoms with Crippen LogP contribution in [0.4, 0.5) is 0 Å². The maximum Gasteiger partial charge on any atom is 0.259 e. The molecule has 2 aromatic rings. The van der Waals surface area contributed by atoms with Gasteiger partial charge in [0.2, 0.25) is 10.7 Å². The van der Waals surface area contributed by atoms with Crippen molar-refractivity contribution in [1.82, 2.24) is 14.9 Å². The van der Waals surface area contributed by atoms with Gasteiger partial charge in [0.25, 0.3) is 5.91 Å². The van der Waals surface area contributed by atoms with E-state index in [0.29, 0.717) is 13.0 Å². The van der Waals surface area contributed by atoms with Gasteiger partial charge in [-0.2, -0.15) is 0 Å². The molecule has 0 spiro atoms. The lowest BCUT2D eigenvalue weighted by Gasteiger charge is -2.25. The second kappa shape index (κ2) is 6.31. The maximum atomic E-state index is 12.0. The standard InChI is InChI=1S/C15H18N4O2S/c1-18-11-6-2-3-7-12(11)22-15(18)17-16-13(20)10-19-9-5-4-8-14(19)21/h2-3,6-7H,4-5,8-10H2,1H3,(H,16,20)/b17-15-. The van der Waals surface area contributed by atoms with Gasteiger partial charge in [-0.15, -0.1) is 5.10 Å². The van der Waals surface area contributed by atoms with E-state index in [4.69, 9.17) is 0 Å². The first-order valence-electron chi connectivity index (χ1n) is 7.30. The van der Waals surface area contributed by atoms with Crippen molar-refractivity contribution in [3.8, 4) is 0 Å². The Balaban J connectivity index is 1.71. The molecule has 116 valence electrons. The van der Waals surface area contributed by atoms with E-state index in [2.05, 4.69) is 10.5 Å². The highest BCUT2D eigenvalue weighted by molar-refractivity contribution is 7.16. The van der Waals surface area contributed by atoms with Crippen LogP contribution in [0.5, 0.6) is 0 Å². The van der Waals surface area contributed by atoms with Crippen molar-refractivity contribution in [2.24, 2.45) is 12.1 Å². The Morgan fingerprint density at radius 3 is 2.95 bits per heavy atom. The summed E-state index contributed by atoms with van der Waals surface area (Å²) in [6, 6.07) is 7.98. The lowest BCUT2D eigenvalue weighted by molar-refractivity contribution is -0.137. The van der Waals surface area contributed by atoms with Gasteiger partial charge in [-0.25, -0.2) is 5.43 Å². The Morgan fingerprint density at radius 2 is 2.18 bits per heavy atom. The number of hydrogen-bond acceptors (Lipinski definition) is 4. The number of piperidine rings is 1. The summed E-state index contributed by atoms with van der Waals surface area (Å²) in [6.07, 6.45) is 2.41. The van der Waals surface area contributed by atoms with Crippen LogP contribution in [0.25, 0.3) is 10.2 Å². The van der Waals surface area contributed by atoms with E-state index in [1.54, 1.807) is 4.90 Å². The third kappa shape index (κ3) is 3.04. The molecule has 22 heavy (non-hydrogen) atoms. The summed E-state index contributed by atoms with van der Waals surface area (Å²) in [5.74, 6) is -0.207. The van der Waals surface area contributed by atoms with Crippen molar-refractivity contribution in [3.05, 3.63) is 29.1 Å². The van der Waals surface area contributed by atoms with Gasteiger partial charge in [-0.3, -0.25) is 9.59 Å². The fourth-order valence-electron chi connectivity index (χ4n) is 2.54. The van der Waals surface area contributed by atoms with Crippen LogP contribution in [-0.2, 0) is 16.6 Å². The van der Waals surface area contributed by atoms with Crippen LogP contribution in [0.15, 0.2) is 29.4 Å². The predicted molar refractivity (Wildman–Crippen MR) is 84.9 cm³/mol. The molecule has 6 nitrogen and oxygen atoms in total. The maximum absolute atomic E-state index is 12.0. The summed E-state index contributed by atoms with van der Waals surface area (Å²) in [7, 11) is 1.91. The number of para-hydroxylation sites is 1. The normalized spacial score (nSPS) is 16.3. The summed E-state index contributed by atoms with van der Waals surface area (Å²) in [4.78, 5) is 26.0. The minimum atomic E-state index is -0.257. The smallest absolute Gasteiger partial charge is 0.259 e. The first-order valence-corrected chi connectivity index (χ1v) is 8.12. The van der Waals surface area contributed by atoms with Gasteiger partial charge < -0.3 is 9.47 Å². The number of carbonyl (C=O) groups excluding carboxylic acids is 2. The van der Waals surface area contributed by atoms with Gasteiger partial charge in [-0.05, 0) is 25.0 Å². The van der Waals surface area contributed by atoms with Crippen LogP contribution in [0.1, 0.15) is 19.3 Å². The Bertz CT molecular complexity index is 777. The molecular formula is C15H18N4O2S. The fourth-order valence-corrected chi connectivity index (χ4v) is 3.52. The van der Waals surface area contributed by atoms with Crippen molar-refractivity contribution < 1.29 is 9.59 Å². The number of fused-ring (bicyclic) bond motifs is 1. The molecule has 3 rings (SSSR count). The average molecular weight is 318 g/mol. The highest BCUT2D eigenvalue weighted by Gasteiger charge is 2.20. The number of hydrogen-bond donors (Lipinski definition) is 1. The van der Waals surface area contributed by atoms with E-state index in [1.165, 1.54) is 11.3 Å². The zero-order valence-electron chi connectivity index (χ0n) is 12.4. The van der Waals surface area contributed by atoms with Gasteiger partial charge in [0.1, 0.15) is 6.54 Å². The monoisotopic (exact) mass is 318 g/mol. The summed E-state index contributed by atoms with van der Waals surface area (Å²) in [5, 5.41) is 4.18. The largest absolute Gasteiger partial charge is 0.333 e. The molecule has 1 N–H and O–H groups in total. The van der Waals surface area contributed by atoms with Crippen molar-refractivity contribution >= 4 is 33.4 Å². The zero-order chi connectivity index (χ0) is 15.5. The van der Waals surface area contributed by atoms with Crippen LogP contribution in [0.3, 0.4) is 0 Å². The SMILES string of the molecule is Cn1/c(=N/NC(=O)CN2CCCCC2=O)sc2ccccc21. The minimum Gasteiger partial charge on any atom is -0.333 e. The molecule has 2 heterocycles. The second-order valence-corrected chi connectivity index (χ2v) is 6.34. The minimum absolute atomic E-state index is 0.0498. The Hall–Kier alpha value is -2.15. The van der Waals surface area contributed by atoms with Gasteiger partial charge in [0, 0.05) is 20.0 Å². The third-order valence-electron chi connectivity index (χ3n) is 3.75. The molecule has 1 saturated heterocycles. The van der Waals surface area contributed by atoms with Crippen molar-refractivity contribution in [3.63, 3.8) is 0 Å². The molecule has 7 heteroatoms. The van der Waals surface area contributed by atoms with Crippen LogP contribution in [-0.4, -0.2) is 34.4 Å². The lowest BCUT2D eigenvalue weighted by Crippen LogP contribution is -2.42. The fraction of sp³-hybridized carbons (Fsp3) is 0.400. The van der Waals surface area contributed by atoms with Gasteiger partial charge in [0.05, 0.1) is 10.2 Å². The second-order valence-electron chi connectivity index (χ2n) is 5.33. The van der Waals surface area contributed by atoms with Crippen LogP contribution >= 0.6 is 11.3 Å². The molecule has 0 unspecified atom stereocenters. The van der Waals surface area contributed by atoms with Gasteiger partial charge in [0.15, 0.2) is 0 Å². The summed E-state index contributed by atoms with van der Waals surface area (Å²) < 4.78 is 3.05. The van der Waals surface area contributed by atoms with E-state index in [1.807, 2.05) is 35.9 Å². The highest BCUT2D eigenvalue weighted by Crippen LogP contribution is 2.15. The molecule has 1 aliphatic rings. The number of aryl methyl sites for hydroxylation is 1. The number of likely N-dealkylation sites (tertiary alicyclic amines) is 1.